The number of hydrogen-bond donors (Lipinski definition) is 2. The van der Waals surface area contributed by atoms with Crippen molar-refractivity contribution in [2.75, 3.05) is 6.54 Å². The van der Waals surface area contributed by atoms with E-state index in [0.717, 1.165) is 21.1 Å². The van der Waals surface area contributed by atoms with Crippen LogP contribution in [0.2, 0.25) is 0 Å². The third-order valence-electron chi connectivity index (χ3n) is 3.11. The highest BCUT2D eigenvalue weighted by Crippen LogP contribution is 2.32. The number of benzene rings is 1. The van der Waals surface area contributed by atoms with E-state index in [9.17, 15) is 5.11 Å². The third kappa shape index (κ3) is 2.46. The largest absolute Gasteiger partial charge is 0.386 e. The van der Waals surface area contributed by atoms with E-state index in [2.05, 4.69) is 37.0 Å². The number of aryl methyl sites for hydroxylation is 3. The molecule has 0 amide bonds. The van der Waals surface area contributed by atoms with Crippen molar-refractivity contribution in [2.45, 2.75) is 26.9 Å². The predicted octanol–water partition coefficient (Wildman–Crippen LogP) is 2.73. The van der Waals surface area contributed by atoms with Crippen molar-refractivity contribution in [3.63, 3.8) is 0 Å². The van der Waals surface area contributed by atoms with Gasteiger partial charge < -0.3 is 10.8 Å². The Kier molecular flexibility index (Phi) is 3.80. The van der Waals surface area contributed by atoms with Crippen molar-refractivity contribution in [3.8, 4) is 10.6 Å². The molecule has 0 aliphatic heterocycles. The smallest absolute Gasteiger partial charge is 0.123 e. The Morgan fingerprint density at radius 3 is 2.61 bits per heavy atom. The van der Waals surface area contributed by atoms with Crippen LogP contribution in [0.25, 0.3) is 10.6 Å². The summed E-state index contributed by atoms with van der Waals surface area (Å²) in [4.78, 5) is 5.39. The number of aliphatic hydroxyl groups excluding tert-OH is 1. The molecule has 1 heterocycles. The van der Waals surface area contributed by atoms with Crippen LogP contribution in [-0.4, -0.2) is 16.6 Å². The number of rotatable bonds is 3. The molecule has 1 aromatic carbocycles. The van der Waals surface area contributed by atoms with E-state index >= 15 is 0 Å². The third-order valence-corrected chi connectivity index (χ3v) is 4.42. The summed E-state index contributed by atoms with van der Waals surface area (Å²) in [6.45, 7) is 6.33. The van der Waals surface area contributed by atoms with Crippen molar-refractivity contribution < 1.29 is 5.11 Å². The van der Waals surface area contributed by atoms with Gasteiger partial charge >= 0.3 is 0 Å². The summed E-state index contributed by atoms with van der Waals surface area (Å²) in [5.41, 5.74) is 9.98. The SMILES string of the molecule is Cc1ccc(-c2nc(C)c(C(O)CN)s2)cc1C. The fourth-order valence-corrected chi connectivity index (χ4v) is 2.88. The highest BCUT2D eigenvalue weighted by molar-refractivity contribution is 7.15. The lowest BCUT2D eigenvalue weighted by Gasteiger charge is -2.04. The first-order chi connectivity index (χ1) is 8.52. The Bertz CT molecular complexity index is 563. The Morgan fingerprint density at radius 2 is 2.00 bits per heavy atom. The van der Waals surface area contributed by atoms with Crippen LogP contribution >= 0.6 is 11.3 Å². The molecule has 0 fully saturated rings. The molecule has 0 saturated heterocycles. The number of nitrogens with two attached hydrogens (primary N) is 1. The molecular weight excluding hydrogens is 244 g/mol. The number of hydrogen-bond acceptors (Lipinski definition) is 4. The molecule has 1 atom stereocenters. The number of aromatic nitrogens is 1. The van der Waals surface area contributed by atoms with Gasteiger partial charge in [0.15, 0.2) is 0 Å². The minimum absolute atomic E-state index is 0.232. The zero-order valence-electron chi connectivity index (χ0n) is 10.9. The minimum Gasteiger partial charge on any atom is -0.386 e. The van der Waals surface area contributed by atoms with E-state index < -0.39 is 6.10 Å². The lowest BCUT2D eigenvalue weighted by molar-refractivity contribution is 0.189. The average molecular weight is 262 g/mol. The second-order valence-corrected chi connectivity index (χ2v) is 5.55. The van der Waals surface area contributed by atoms with Crippen molar-refractivity contribution in [2.24, 2.45) is 5.73 Å². The van der Waals surface area contributed by atoms with Gasteiger partial charge in [0.2, 0.25) is 0 Å². The molecular formula is C14H18N2OS. The van der Waals surface area contributed by atoms with Gasteiger partial charge in [0.1, 0.15) is 11.1 Å². The Morgan fingerprint density at radius 1 is 1.28 bits per heavy atom. The highest BCUT2D eigenvalue weighted by Gasteiger charge is 2.15. The second-order valence-electron chi connectivity index (χ2n) is 4.52. The molecule has 0 spiro atoms. The molecule has 0 radical (unpaired) electrons. The summed E-state index contributed by atoms with van der Waals surface area (Å²) in [6, 6.07) is 6.30. The monoisotopic (exact) mass is 262 g/mol. The van der Waals surface area contributed by atoms with Gasteiger partial charge in [-0.15, -0.1) is 11.3 Å². The van der Waals surface area contributed by atoms with E-state index in [1.165, 1.54) is 22.5 Å². The molecule has 0 saturated carbocycles. The van der Waals surface area contributed by atoms with Gasteiger partial charge in [-0.05, 0) is 38.0 Å². The topological polar surface area (TPSA) is 59.1 Å². The van der Waals surface area contributed by atoms with E-state index in [4.69, 9.17) is 5.73 Å². The maximum absolute atomic E-state index is 9.81. The van der Waals surface area contributed by atoms with Gasteiger partial charge in [-0.2, -0.15) is 0 Å². The molecule has 2 aromatic rings. The molecule has 4 heteroatoms. The van der Waals surface area contributed by atoms with Gasteiger partial charge in [-0.25, -0.2) is 4.98 Å². The fourth-order valence-electron chi connectivity index (χ4n) is 1.82. The number of aliphatic hydroxyl groups is 1. The predicted molar refractivity (Wildman–Crippen MR) is 75.8 cm³/mol. The van der Waals surface area contributed by atoms with E-state index in [1.807, 2.05) is 6.92 Å². The molecule has 3 nitrogen and oxygen atoms in total. The van der Waals surface area contributed by atoms with Gasteiger partial charge in [0.25, 0.3) is 0 Å². The molecule has 0 bridgehead atoms. The first-order valence-corrected chi connectivity index (χ1v) is 6.77. The minimum atomic E-state index is -0.609. The zero-order valence-corrected chi connectivity index (χ0v) is 11.7. The standard InChI is InChI=1S/C14H18N2OS/c1-8-4-5-11(6-9(8)2)14-16-10(3)13(18-14)12(17)7-15/h4-6,12,17H,7,15H2,1-3H3. The number of nitrogens with zero attached hydrogens (tertiary/aromatic N) is 1. The zero-order chi connectivity index (χ0) is 13.3. The first kappa shape index (κ1) is 13.2. The van der Waals surface area contributed by atoms with Crippen LogP contribution < -0.4 is 5.73 Å². The van der Waals surface area contributed by atoms with E-state index in [0.29, 0.717) is 0 Å². The Balaban J connectivity index is 2.42. The van der Waals surface area contributed by atoms with Crippen LogP contribution in [0.1, 0.15) is 27.8 Å². The molecule has 96 valence electrons. The summed E-state index contributed by atoms with van der Waals surface area (Å²) in [6.07, 6.45) is -0.609. The summed E-state index contributed by atoms with van der Waals surface area (Å²) in [7, 11) is 0. The molecule has 2 rings (SSSR count). The normalized spacial score (nSPS) is 12.7. The molecule has 1 unspecified atom stereocenters. The van der Waals surface area contributed by atoms with Gasteiger partial charge in [0.05, 0.1) is 10.6 Å². The fraction of sp³-hybridized carbons (Fsp3) is 0.357. The summed E-state index contributed by atoms with van der Waals surface area (Å²) in [5, 5.41) is 10.8. The van der Waals surface area contributed by atoms with Crippen molar-refractivity contribution in [3.05, 3.63) is 39.9 Å². The maximum Gasteiger partial charge on any atom is 0.123 e. The molecule has 0 aliphatic carbocycles. The second kappa shape index (κ2) is 5.18. The van der Waals surface area contributed by atoms with Crippen LogP contribution in [0.3, 0.4) is 0 Å². The molecule has 18 heavy (non-hydrogen) atoms. The van der Waals surface area contributed by atoms with Crippen molar-refractivity contribution in [1.29, 1.82) is 0 Å². The Labute approximate surface area is 111 Å². The quantitative estimate of drug-likeness (QED) is 0.894. The summed E-state index contributed by atoms with van der Waals surface area (Å²) in [5.74, 6) is 0. The Hall–Kier alpha value is -1.23. The van der Waals surface area contributed by atoms with Gasteiger partial charge in [0, 0.05) is 12.1 Å². The first-order valence-electron chi connectivity index (χ1n) is 5.96. The van der Waals surface area contributed by atoms with E-state index in [1.54, 1.807) is 0 Å². The highest BCUT2D eigenvalue weighted by atomic mass is 32.1. The molecule has 0 aliphatic rings. The van der Waals surface area contributed by atoms with Crippen molar-refractivity contribution >= 4 is 11.3 Å². The molecule has 1 aromatic heterocycles. The van der Waals surface area contributed by atoms with Crippen LogP contribution in [0.5, 0.6) is 0 Å². The van der Waals surface area contributed by atoms with E-state index in [-0.39, 0.29) is 6.54 Å². The summed E-state index contributed by atoms with van der Waals surface area (Å²) < 4.78 is 0. The summed E-state index contributed by atoms with van der Waals surface area (Å²) >= 11 is 1.52. The van der Waals surface area contributed by atoms with Gasteiger partial charge in [-0.1, -0.05) is 12.1 Å². The van der Waals surface area contributed by atoms with Crippen LogP contribution in [0, 0.1) is 20.8 Å². The van der Waals surface area contributed by atoms with Gasteiger partial charge in [-0.3, -0.25) is 0 Å². The average Bonchev–Trinajstić information content (AvgIpc) is 2.74. The lowest BCUT2D eigenvalue weighted by Crippen LogP contribution is -2.10. The number of thiazole rings is 1. The van der Waals surface area contributed by atoms with Crippen LogP contribution in [-0.2, 0) is 0 Å². The van der Waals surface area contributed by atoms with Crippen molar-refractivity contribution in [1.82, 2.24) is 4.98 Å². The molecule has 3 N–H and O–H groups in total. The lowest BCUT2D eigenvalue weighted by atomic mass is 10.1. The maximum atomic E-state index is 9.81. The van der Waals surface area contributed by atoms with Crippen LogP contribution in [0.15, 0.2) is 18.2 Å². The van der Waals surface area contributed by atoms with Crippen LogP contribution in [0.4, 0.5) is 0 Å².